The Balaban J connectivity index is 1.92. The van der Waals surface area contributed by atoms with E-state index in [4.69, 9.17) is 13.8 Å². The largest absolute Gasteiger partial charge is 0.476 e. The van der Waals surface area contributed by atoms with Crippen molar-refractivity contribution >= 4 is 13.4 Å². The Morgan fingerprint density at radius 3 is 1.86 bits per heavy atom. The van der Waals surface area contributed by atoms with Crippen LogP contribution in [0.1, 0.15) is 42.5 Å². The molecule has 0 bridgehead atoms. The van der Waals surface area contributed by atoms with Crippen LogP contribution >= 0.6 is 7.60 Å². The average Bonchev–Trinajstić information content (AvgIpc) is 3.28. The second-order valence-corrected chi connectivity index (χ2v) is 10.1. The van der Waals surface area contributed by atoms with Crippen LogP contribution < -0.4 is 0 Å². The van der Waals surface area contributed by atoms with E-state index in [1.807, 2.05) is 60.7 Å². The van der Waals surface area contributed by atoms with Gasteiger partial charge in [-0.2, -0.15) is 13.2 Å². The highest BCUT2D eigenvalue weighted by molar-refractivity contribution is 7.58. The summed E-state index contributed by atoms with van der Waals surface area (Å²) in [6.45, 7) is 3.76. The summed E-state index contributed by atoms with van der Waals surface area (Å²) in [5.74, 6) is 0.347. The van der Waals surface area contributed by atoms with Crippen LogP contribution in [0.25, 0.3) is 5.76 Å². The number of halogens is 3. The Hall–Kier alpha value is -2.86. The highest BCUT2D eigenvalue weighted by Gasteiger charge is 2.51. The van der Waals surface area contributed by atoms with Crippen molar-refractivity contribution in [2.75, 3.05) is 13.2 Å². The maximum Gasteiger partial charge on any atom is 0.416 e. The first-order valence-corrected chi connectivity index (χ1v) is 12.9. The summed E-state index contributed by atoms with van der Waals surface area (Å²) in [5, 5.41) is 0.358. The predicted octanol–water partition coefficient (Wildman–Crippen LogP) is 8.00. The van der Waals surface area contributed by atoms with Gasteiger partial charge in [-0.3, -0.25) is 4.57 Å². The van der Waals surface area contributed by atoms with Gasteiger partial charge in [0.1, 0.15) is 5.76 Å². The van der Waals surface area contributed by atoms with E-state index in [1.54, 1.807) is 13.8 Å². The van der Waals surface area contributed by atoms with E-state index in [0.29, 0.717) is 27.8 Å². The molecular formula is C27H26F3O4P. The Morgan fingerprint density at radius 2 is 1.34 bits per heavy atom. The van der Waals surface area contributed by atoms with Crippen LogP contribution in [0.5, 0.6) is 0 Å². The zero-order valence-electron chi connectivity index (χ0n) is 19.4. The summed E-state index contributed by atoms with van der Waals surface area (Å²) in [6, 6.07) is 23.2. The molecule has 4 rings (SSSR count). The summed E-state index contributed by atoms with van der Waals surface area (Å²) in [6.07, 6.45) is -4.38. The van der Waals surface area contributed by atoms with E-state index < -0.39 is 24.9 Å². The van der Waals surface area contributed by atoms with E-state index in [0.717, 1.165) is 12.1 Å². The molecule has 0 radical (unpaired) electrons. The molecule has 35 heavy (non-hydrogen) atoms. The maximum absolute atomic E-state index is 14.0. The fraction of sp³-hybridized carbons (Fsp3) is 0.259. The van der Waals surface area contributed by atoms with Gasteiger partial charge in [0.2, 0.25) is 0 Å². The molecule has 1 atom stereocenters. The monoisotopic (exact) mass is 502 g/mol. The van der Waals surface area contributed by atoms with Crippen molar-refractivity contribution in [1.29, 1.82) is 0 Å². The molecule has 3 aromatic carbocycles. The van der Waals surface area contributed by atoms with Gasteiger partial charge in [-0.15, -0.1) is 0 Å². The van der Waals surface area contributed by atoms with Crippen LogP contribution in [0.2, 0.25) is 0 Å². The second-order valence-electron chi connectivity index (χ2n) is 8.02. The topological polar surface area (TPSA) is 44.8 Å². The zero-order chi connectivity index (χ0) is 25.1. The van der Waals surface area contributed by atoms with Gasteiger partial charge in [0.15, 0.2) is 5.60 Å². The SMILES string of the molecule is CCOP(=O)(OCC)C1=C(c2ccccc2)OC(c2ccccc2)(c2ccc(C(F)(F)F)cc2)C1. The van der Waals surface area contributed by atoms with Crippen molar-refractivity contribution in [2.24, 2.45) is 0 Å². The minimum Gasteiger partial charge on any atom is -0.476 e. The highest BCUT2D eigenvalue weighted by Crippen LogP contribution is 2.66. The Labute approximate surface area is 202 Å². The Morgan fingerprint density at radius 1 is 0.829 bits per heavy atom. The van der Waals surface area contributed by atoms with Crippen molar-refractivity contribution in [3.8, 4) is 0 Å². The molecule has 1 unspecified atom stereocenters. The minimum absolute atomic E-state index is 0.0872. The molecule has 1 aliphatic heterocycles. The molecule has 1 heterocycles. The van der Waals surface area contributed by atoms with Gasteiger partial charge < -0.3 is 13.8 Å². The third-order valence-corrected chi connectivity index (χ3v) is 8.06. The predicted molar refractivity (Wildman–Crippen MR) is 129 cm³/mol. The lowest BCUT2D eigenvalue weighted by molar-refractivity contribution is -0.137. The fourth-order valence-electron chi connectivity index (χ4n) is 4.28. The van der Waals surface area contributed by atoms with Crippen molar-refractivity contribution in [3.05, 3.63) is 112 Å². The lowest BCUT2D eigenvalue weighted by atomic mass is 9.84. The van der Waals surface area contributed by atoms with E-state index in [2.05, 4.69) is 0 Å². The van der Waals surface area contributed by atoms with Crippen LogP contribution in [0.3, 0.4) is 0 Å². The van der Waals surface area contributed by atoms with Crippen molar-refractivity contribution < 1.29 is 31.5 Å². The van der Waals surface area contributed by atoms with Crippen molar-refractivity contribution in [2.45, 2.75) is 32.0 Å². The van der Waals surface area contributed by atoms with Gasteiger partial charge >= 0.3 is 13.8 Å². The van der Waals surface area contributed by atoms with Gasteiger partial charge in [0.25, 0.3) is 0 Å². The number of rotatable bonds is 8. The van der Waals surface area contributed by atoms with E-state index >= 15 is 0 Å². The third-order valence-electron chi connectivity index (χ3n) is 5.84. The molecule has 3 aromatic rings. The molecular weight excluding hydrogens is 476 g/mol. The molecule has 1 aliphatic rings. The first-order chi connectivity index (χ1) is 16.7. The molecule has 0 saturated heterocycles. The van der Waals surface area contributed by atoms with Crippen LogP contribution in [0.15, 0.2) is 90.2 Å². The van der Waals surface area contributed by atoms with Crippen molar-refractivity contribution in [3.63, 3.8) is 0 Å². The van der Waals surface area contributed by atoms with Gasteiger partial charge in [0, 0.05) is 23.1 Å². The summed E-state index contributed by atoms with van der Waals surface area (Å²) in [5.41, 5.74) is -0.0991. The number of hydrogen-bond donors (Lipinski definition) is 0. The molecule has 0 aromatic heterocycles. The number of hydrogen-bond acceptors (Lipinski definition) is 4. The average molecular weight is 502 g/mol. The van der Waals surface area contributed by atoms with E-state index in [9.17, 15) is 17.7 Å². The number of alkyl halides is 3. The summed E-state index contributed by atoms with van der Waals surface area (Å²) < 4.78 is 71.8. The Kier molecular flexibility index (Phi) is 7.22. The molecule has 0 aliphatic carbocycles. The fourth-order valence-corrected chi connectivity index (χ4v) is 6.18. The third kappa shape index (κ3) is 4.94. The first kappa shape index (κ1) is 25.2. The maximum atomic E-state index is 14.0. The summed E-state index contributed by atoms with van der Waals surface area (Å²) >= 11 is 0. The van der Waals surface area contributed by atoms with Gasteiger partial charge in [-0.1, -0.05) is 72.8 Å². The van der Waals surface area contributed by atoms with Gasteiger partial charge in [-0.25, -0.2) is 0 Å². The summed E-state index contributed by atoms with van der Waals surface area (Å²) in [4.78, 5) is 0. The quantitative estimate of drug-likeness (QED) is 0.293. The number of ether oxygens (including phenoxy) is 1. The number of benzene rings is 3. The van der Waals surface area contributed by atoms with Gasteiger partial charge in [-0.05, 0) is 26.0 Å². The molecule has 0 spiro atoms. The highest BCUT2D eigenvalue weighted by atomic mass is 31.2. The molecule has 8 heteroatoms. The van der Waals surface area contributed by atoms with Crippen LogP contribution in [0.4, 0.5) is 13.2 Å². The zero-order valence-corrected chi connectivity index (χ0v) is 20.3. The smallest absolute Gasteiger partial charge is 0.416 e. The van der Waals surface area contributed by atoms with E-state index in [1.165, 1.54) is 12.1 Å². The molecule has 4 nitrogen and oxygen atoms in total. The Bertz CT molecular complexity index is 1210. The van der Waals surface area contributed by atoms with Crippen LogP contribution in [-0.4, -0.2) is 13.2 Å². The lowest BCUT2D eigenvalue weighted by Gasteiger charge is -2.32. The van der Waals surface area contributed by atoms with E-state index in [-0.39, 0.29) is 19.6 Å². The molecule has 0 N–H and O–H groups in total. The molecule has 184 valence electrons. The summed E-state index contributed by atoms with van der Waals surface area (Å²) in [7, 11) is -3.77. The minimum atomic E-state index is -4.47. The molecule has 0 amide bonds. The first-order valence-electron chi connectivity index (χ1n) is 11.3. The van der Waals surface area contributed by atoms with Crippen molar-refractivity contribution in [1.82, 2.24) is 0 Å². The molecule has 0 saturated carbocycles. The lowest BCUT2D eigenvalue weighted by Crippen LogP contribution is -2.27. The second kappa shape index (κ2) is 10.0. The van der Waals surface area contributed by atoms with Gasteiger partial charge in [0.05, 0.1) is 24.1 Å². The van der Waals surface area contributed by atoms with Crippen LogP contribution in [0, 0.1) is 0 Å². The standard InChI is InChI=1S/C27H26F3O4P/c1-3-32-35(31,33-4-2)24-19-26(21-13-9-6-10-14-21,34-25(24)20-11-7-5-8-12-20)22-15-17-23(18-16-22)27(28,29)30/h5-18H,3-4,19H2,1-2H3. The van der Waals surface area contributed by atoms with Crippen LogP contribution in [-0.2, 0) is 30.1 Å². The molecule has 0 fully saturated rings. The normalized spacial score (nSPS) is 18.5.